The molecule has 2 aliphatic rings. The SMILES string of the molecule is C[C@@H]1c2nc(C3CC3)nn2CCN1C(=O)CCc1n[nH]c(=O)[nH]1. The standard InChI is InChI=1S/C14H19N7O2/c1-8-13-16-12(9-2-3-9)19-21(13)7-6-20(8)11(22)5-4-10-15-14(23)18-17-10/h8-9H,2-7H2,1H3,(H2,15,17,18,23)/t8-/m1/s1. The quantitative estimate of drug-likeness (QED) is 0.830. The van der Waals surface area contributed by atoms with E-state index < -0.39 is 0 Å². The largest absolute Gasteiger partial charge is 0.340 e. The maximum absolute atomic E-state index is 12.5. The van der Waals surface area contributed by atoms with Gasteiger partial charge in [-0.2, -0.15) is 10.2 Å². The monoisotopic (exact) mass is 317 g/mol. The molecule has 23 heavy (non-hydrogen) atoms. The third kappa shape index (κ3) is 2.66. The number of hydrogen-bond acceptors (Lipinski definition) is 5. The van der Waals surface area contributed by atoms with Gasteiger partial charge in [0.15, 0.2) is 5.82 Å². The summed E-state index contributed by atoms with van der Waals surface area (Å²) in [6.07, 6.45) is 3.07. The summed E-state index contributed by atoms with van der Waals surface area (Å²) in [6, 6.07) is -0.0746. The van der Waals surface area contributed by atoms with E-state index >= 15 is 0 Å². The fourth-order valence-electron chi connectivity index (χ4n) is 3.03. The van der Waals surface area contributed by atoms with Crippen LogP contribution in [0.15, 0.2) is 4.79 Å². The molecule has 4 rings (SSSR count). The lowest BCUT2D eigenvalue weighted by molar-refractivity contribution is -0.134. The second-order valence-electron chi connectivity index (χ2n) is 6.21. The minimum Gasteiger partial charge on any atom is -0.331 e. The molecule has 1 aliphatic heterocycles. The molecule has 1 atom stereocenters. The number of carbonyl (C=O) groups is 1. The highest BCUT2D eigenvalue weighted by Crippen LogP contribution is 2.39. The van der Waals surface area contributed by atoms with Crippen molar-refractivity contribution in [1.29, 1.82) is 0 Å². The van der Waals surface area contributed by atoms with Crippen LogP contribution in [0.5, 0.6) is 0 Å². The van der Waals surface area contributed by atoms with Gasteiger partial charge in [-0.1, -0.05) is 0 Å². The van der Waals surface area contributed by atoms with Gasteiger partial charge in [-0.25, -0.2) is 19.6 Å². The third-order valence-electron chi connectivity index (χ3n) is 4.50. The Morgan fingerprint density at radius 2 is 2.17 bits per heavy atom. The summed E-state index contributed by atoms with van der Waals surface area (Å²) in [6.45, 7) is 3.31. The smallest absolute Gasteiger partial charge is 0.331 e. The number of fused-ring (bicyclic) bond motifs is 1. The minimum absolute atomic E-state index is 0.0450. The summed E-state index contributed by atoms with van der Waals surface area (Å²) in [5, 5.41) is 10.7. The van der Waals surface area contributed by atoms with Crippen molar-refractivity contribution < 1.29 is 4.79 Å². The van der Waals surface area contributed by atoms with Gasteiger partial charge in [-0.3, -0.25) is 9.78 Å². The molecule has 0 radical (unpaired) electrons. The van der Waals surface area contributed by atoms with Gasteiger partial charge < -0.3 is 4.90 Å². The van der Waals surface area contributed by atoms with Crippen LogP contribution in [0.25, 0.3) is 0 Å². The van der Waals surface area contributed by atoms with Crippen molar-refractivity contribution >= 4 is 5.91 Å². The number of nitrogens with one attached hydrogen (secondary N) is 2. The molecule has 122 valence electrons. The molecule has 3 heterocycles. The number of hydrogen-bond donors (Lipinski definition) is 2. The fraction of sp³-hybridized carbons (Fsp3) is 0.643. The first-order valence-corrected chi connectivity index (χ1v) is 7.99. The van der Waals surface area contributed by atoms with Crippen LogP contribution >= 0.6 is 0 Å². The van der Waals surface area contributed by atoms with Gasteiger partial charge in [-0.05, 0) is 19.8 Å². The zero-order valence-electron chi connectivity index (χ0n) is 12.9. The second-order valence-corrected chi connectivity index (χ2v) is 6.21. The van der Waals surface area contributed by atoms with E-state index in [9.17, 15) is 9.59 Å². The maximum Gasteiger partial charge on any atom is 0.340 e. The number of rotatable bonds is 4. The van der Waals surface area contributed by atoms with E-state index in [0.29, 0.717) is 37.7 Å². The van der Waals surface area contributed by atoms with Crippen LogP contribution in [-0.4, -0.2) is 47.3 Å². The number of aromatic amines is 2. The summed E-state index contributed by atoms with van der Waals surface area (Å²) in [5.41, 5.74) is -0.348. The Labute approximate surface area is 132 Å². The molecule has 0 spiro atoms. The molecule has 0 aromatic carbocycles. The lowest BCUT2D eigenvalue weighted by Gasteiger charge is -2.33. The molecule has 2 aromatic rings. The fourth-order valence-corrected chi connectivity index (χ4v) is 3.03. The van der Waals surface area contributed by atoms with E-state index in [0.717, 1.165) is 11.6 Å². The molecule has 1 fully saturated rings. The van der Waals surface area contributed by atoms with Crippen molar-refractivity contribution in [2.24, 2.45) is 0 Å². The van der Waals surface area contributed by atoms with E-state index in [-0.39, 0.29) is 17.6 Å². The van der Waals surface area contributed by atoms with Crippen molar-refractivity contribution in [3.05, 3.63) is 28.0 Å². The Morgan fingerprint density at radius 1 is 1.35 bits per heavy atom. The van der Waals surface area contributed by atoms with Crippen LogP contribution in [0.4, 0.5) is 0 Å². The van der Waals surface area contributed by atoms with Gasteiger partial charge in [0.1, 0.15) is 11.6 Å². The summed E-state index contributed by atoms with van der Waals surface area (Å²) in [7, 11) is 0. The zero-order chi connectivity index (χ0) is 16.0. The molecule has 1 saturated carbocycles. The summed E-state index contributed by atoms with van der Waals surface area (Å²) in [4.78, 5) is 32.5. The number of amides is 1. The number of aryl methyl sites for hydroxylation is 1. The highest BCUT2D eigenvalue weighted by atomic mass is 16.2. The van der Waals surface area contributed by atoms with Crippen molar-refractivity contribution in [3.63, 3.8) is 0 Å². The molecule has 1 amide bonds. The van der Waals surface area contributed by atoms with E-state index in [4.69, 9.17) is 0 Å². The first-order chi connectivity index (χ1) is 11.1. The number of aromatic nitrogens is 6. The molecule has 9 nitrogen and oxygen atoms in total. The van der Waals surface area contributed by atoms with Crippen LogP contribution in [-0.2, 0) is 17.8 Å². The summed E-state index contributed by atoms with van der Waals surface area (Å²) >= 11 is 0. The van der Waals surface area contributed by atoms with Gasteiger partial charge in [0.2, 0.25) is 5.91 Å². The van der Waals surface area contributed by atoms with Crippen LogP contribution in [0.1, 0.15) is 55.6 Å². The number of carbonyl (C=O) groups excluding carboxylic acids is 1. The number of nitrogens with zero attached hydrogens (tertiary/aromatic N) is 5. The molecule has 2 N–H and O–H groups in total. The van der Waals surface area contributed by atoms with Crippen LogP contribution in [0, 0.1) is 0 Å². The predicted octanol–water partition coefficient (Wildman–Crippen LogP) is 0.103. The maximum atomic E-state index is 12.5. The average molecular weight is 317 g/mol. The Bertz CT molecular complexity index is 785. The van der Waals surface area contributed by atoms with Crippen molar-refractivity contribution in [2.45, 2.75) is 51.1 Å². The van der Waals surface area contributed by atoms with Gasteiger partial charge in [-0.15, -0.1) is 0 Å². The van der Waals surface area contributed by atoms with E-state index in [1.54, 1.807) is 0 Å². The highest BCUT2D eigenvalue weighted by molar-refractivity contribution is 5.76. The van der Waals surface area contributed by atoms with Crippen molar-refractivity contribution in [2.75, 3.05) is 6.54 Å². The van der Waals surface area contributed by atoms with Gasteiger partial charge in [0.25, 0.3) is 0 Å². The first-order valence-electron chi connectivity index (χ1n) is 7.99. The molecule has 1 aliphatic carbocycles. The minimum atomic E-state index is -0.348. The third-order valence-corrected chi connectivity index (χ3v) is 4.50. The average Bonchev–Trinajstić information content (AvgIpc) is 3.15. The molecule has 0 unspecified atom stereocenters. The Morgan fingerprint density at radius 3 is 2.87 bits per heavy atom. The molecule has 2 aromatic heterocycles. The van der Waals surface area contributed by atoms with Gasteiger partial charge >= 0.3 is 5.69 Å². The molecule has 9 heteroatoms. The molecular formula is C14H19N7O2. The zero-order valence-corrected chi connectivity index (χ0v) is 12.9. The Hall–Kier alpha value is -2.45. The van der Waals surface area contributed by atoms with Crippen LogP contribution < -0.4 is 5.69 Å². The predicted molar refractivity (Wildman–Crippen MR) is 79.7 cm³/mol. The van der Waals surface area contributed by atoms with E-state index in [1.165, 1.54) is 12.8 Å². The lowest BCUT2D eigenvalue weighted by atomic mass is 10.1. The molecule has 0 saturated heterocycles. The topological polar surface area (TPSA) is 113 Å². The van der Waals surface area contributed by atoms with Crippen LogP contribution in [0.2, 0.25) is 0 Å². The van der Waals surface area contributed by atoms with E-state index in [2.05, 4.69) is 25.3 Å². The summed E-state index contributed by atoms with van der Waals surface area (Å²) in [5.74, 6) is 2.87. The Balaban J connectivity index is 1.44. The van der Waals surface area contributed by atoms with Crippen LogP contribution in [0.3, 0.4) is 0 Å². The molecule has 0 bridgehead atoms. The van der Waals surface area contributed by atoms with Gasteiger partial charge in [0, 0.05) is 25.3 Å². The normalized spacial score (nSPS) is 20.6. The second kappa shape index (κ2) is 5.32. The van der Waals surface area contributed by atoms with Gasteiger partial charge in [0.05, 0.1) is 12.6 Å². The number of H-pyrrole nitrogens is 2. The van der Waals surface area contributed by atoms with Crippen molar-refractivity contribution in [1.82, 2.24) is 34.8 Å². The molecular weight excluding hydrogens is 298 g/mol. The Kier molecular flexibility index (Phi) is 3.28. The summed E-state index contributed by atoms with van der Waals surface area (Å²) < 4.78 is 1.94. The lowest BCUT2D eigenvalue weighted by Crippen LogP contribution is -2.41. The highest BCUT2D eigenvalue weighted by Gasteiger charge is 2.34. The van der Waals surface area contributed by atoms with E-state index in [1.807, 2.05) is 16.5 Å². The first kappa shape index (κ1) is 14.2. The van der Waals surface area contributed by atoms with Crippen molar-refractivity contribution in [3.8, 4) is 0 Å².